The molecule has 0 atom stereocenters. The minimum atomic E-state index is -0.333. The van der Waals surface area contributed by atoms with E-state index in [1.54, 1.807) is 24.5 Å². The number of thiazole rings is 1. The van der Waals surface area contributed by atoms with Crippen molar-refractivity contribution in [2.24, 2.45) is 0 Å². The second-order valence-corrected chi connectivity index (χ2v) is 5.29. The van der Waals surface area contributed by atoms with Gasteiger partial charge in [-0.15, -0.1) is 0 Å². The summed E-state index contributed by atoms with van der Waals surface area (Å²) in [5, 5.41) is 4.13. The molecule has 108 valence electrons. The van der Waals surface area contributed by atoms with E-state index in [4.69, 9.17) is 9.47 Å². The second-order valence-electron chi connectivity index (χ2n) is 4.26. The van der Waals surface area contributed by atoms with Gasteiger partial charge in [0.25, 0.3) is 0 Å². The highest BCUT2D eigenvalue weighted by Crippen LogP contribution is 2.27. The van der Waals surface area contributed by atoms with Gasteiger partial charge in [-0.3, -0.25) is 0 Å². The molecule has 5 nitrogen and oxygen atoms in total. The molecule has 0 radical (unpaired) electrons. The molecule has 0 fully saturated rings. The first-order valence-electron chi connectivity index (χ1n) is 6.55. The Morgan fingerprint density at radius 2 is 2.25 bits per heavy atom. The molecule has 1 aromatic heterocycles. The molecular weight excluding hydrogens is 276 g/mol. The molecular formula is C14H18N2O3S. The Hall–Kier alpha value is -1.66. The van der Waals surface area contributed by atoms with Gasteiger partial charge >= 0.3 is 5.97 Å². The molecule has 0 spiro atoms. The van der Waals surface area contributed by atoms with Crippen LogP contribution >= 0.6 is 11.3 Å². The van der Waals surface area contributed by atoms with Crippen molar-refractivity contribution in [2.45, 2.75) is 13.3 Å². The Morgan fingerprint density at radius 1 is 1.40 bits per heavy atom. The first-order valence-corrected chi connectivity index (χ1v) is 7.36. The number of hydrogen-bond donors (Lipinski definition) is 1. The van der Waals surface area contributed by atoms with E-state index in [1.807, 2.05) is 12.1 Å². The third-order valence-electron chi connectivity index (χ3n) is 2.67. The summed E-state index contributed by atoms with van der Waals surface area (Å²) in [5.41, 5.74) is 1.43. The van der Waals surface area contributed by atoms with Gasteiger partial charge in [0, 0.05) is 13.7 Å². The number of aromatic nitrogens is 1. The van der Waals surface area contributed by atoms with Crippen LogP contribution in [0.5, 0.6) is 0 Å². The normalized spacial score (nSPS) is 10.7. The van der Waals surface area contributed by atoms with E-state index in [0.717, 1.165) is 28.3 Å². The van der Waals surface area contributed by atoms with Crippen molar-refractivity contribution >= 4 is 32.7 Å². The predicted octanol–water partition coefficient (Wildman–Crippen LogP) is 2.92. The fourth-order valence-electron chi connectivity index (χ4n) is 1.66. The minimum Gasteiger partial charge on any atom is -0.460 e. The van der Waals surface area contributed by atoms with E-state index in [0.29, 0.717) is 12.2 Å². The lowest BCUT2D eigenvalue weighted by molar-refractivity contribution is 0.0388. The smallest absolute Gasteiger partial charge is 0.338 e. The summed E-state index contributed by atoms with van der Waals surface area (Å²) in [6.07, 6.45) is 1.05. The molecule has 0 unspecified atom stereocenters. The first kappa shape index (κ1) is 14.7. The third-order valence-corrected chi connectivity index (χ3v) is 3.65. The van der Waals surface area contributed by atoms with Gasteiger partial charge in [-0.25, -0.2) is 9.78 Å². The molecule has 0 aliphatic rings. The van der Waals surface area contributed by atoms with E-state index >= 15 is 0 Å². The molecule has 2 rings (SSSR count). The SMILES string of the molecule is CCCNc1nc2ccc(C(=O)OCCOC)cc2s1. The van der Waals surface area contributed by atoms with Crippen molar-refractivity contribution in [1.82, 2.24) is 4.98 Å². The molecule has 1 N–H and O–H groups in total. The lowest BCUT2D eigenvalue weighted by Crippen LogP contribution is -2.09. The number of carbonyl (C=O) groups excluding carboxylic acids is 1. The van der Waals surface area contributed by atoms with Crippen molar-refractivity contribution in [1.29, 1.82) is 0 Å². The molecule has 20 heavy (non-hydrogen) atoms. The molecule has 0 bridgehead atoms. The van der Waals surface area contributed by atoms with E-state index in [9.17, 15) is 4.79 Å². The summed E-state index contributed by atoms with van der Waals surface area (Å²) >= 11 is 1.54. The van der Waals surface area contributed by atoms with Gasteiger partial charge in [-0.1, -0.05) is 18.3 Å². The molecule has 0 saturated carbocycles. The Kier molecular flexibility index (Phi) is 5.31. The summed E-state index contributed by atoms with van der Waals surface area (Å²) in [5.74, 6) is -0.333. The first-order chi connectivity index (χ1) is 9.74. The number of nitrogens with zero attached hydrogens (tertiary/aromatic N) is 1. The van der Waals surface area contributed by atoms with Crippen molar-refractivity contribution < 1.29 is 14.3 Å². The van der Waals surface area contributed by atoms with Crippen molar-refractivity contribution in [2.75, 3.05) is 32.2 Å². The van der Waals surface area contributed by atoms with E-state index in [2.05, 4.69) is 17.2 Å². The van der Waals surface area contributed by atoms with Crippen LogP contribution in [0, 0.1) is 0 Å². The monoisotopic (exact) mass is 294 g/mol. The zero-order valence-electron chi connectivity index (χ0n) is 11.6. The van der Waals surface area contributed by atoms with Crippen molar-refractivity contribution in [3.8, 4) is 0 Å². The summed E-state index contributed by atoms with van der Waals surface area (Å²) in [7, 11) is 1.57. The number of esters is 1. The van der Waals surface area contributed by atoms with Crippen LogP contribution in [0.2, 0.25) is 0 Å². The maximum absolute atomic E-state index is 11.8. The zero-order chi connectivity index (χ0) is 14.4. The van der Waals surface area contributed by atoms with Gasteiger partial charge in [0.05, 0.1) is 22.4 Å². The molecule has 0 amide bonds. The quantitative estimate of drug-likeness (QED) is 0.628. The molecule has 6 heteroatoms. The number of methoxy groups -OCH3 is 1. The number of nitrogens with one attached hydrogen (secondary N) is 1. The summed E-state index contributed by atoms with van der Waals surface area (Å²) in [6, 6.07) is 5.40. The number of anilines is 1. The van der Waals surface area contributed by atoms with Crippen LogP contribution < -0.4 is 5.32 Å². The van der Waals surface area contributed by atoms with Gasteiger partial charge in [0.1, 0.15) is 6.61 Å². The maximum atomic E-state index is 11.8. The lowest BCUT2D eigenvalue weighted by Gasteiger charge is -2.03. The molecule has 2 aromatic rings. The van der Waals surface area contributed by atoms with E-state index < -0.39 is 0 Å². The van der Waals surface area contributed by atoms with Crippen LogP contribution in [0.15, 0.2) is 18.2 Å². The molecule has 1 heterocycles. The standard InChI is InChI=1S/C14H18N2O3S/c1-3-6-15-14-16-11-5-4-10(9-12(11)20-14)13(17)19-8-7-18-2/h4-5,9H,3,6-8H2,1-2H3,(H,15,16). The highest BCUT2D eigenvalue weighted by atomic mass is 32.1. The van der Waals surface area contributed by atoms with E-state index in [1.165, 1.54) is 0 Å². The predicted molar refractivity (Wildman–Crippen MR) is 80.6 cm³/mol. The van der Waals surface area contributed by atoms with Crippen LogP contribution in [0.25, 0.3) is 10.2 Å². The number of carbonyl (C=O) groups is 1. The Labute approximate surface area is 121 Å². The van der Waals surface area contributed by atoms with Crippen molar-refractivity contribution in [3.05, 3.63) is 23.8 Å². The van der Waals surface area contributed by atoms with Gasteiger partial charge in [0.2, 0.25) is 0 Å². The largest absolute Gasteiger partial charge is 0.460 e. The number of fused-ring (bicyclic) bond motifs is 1. The van der Waals surface area contributed by atoms with Crippen molar-refractivity contribution in [3.63, 3.8) is 0 Å². The Balaban J connectivity index is 2.09. The molecule has 1 aromatic carbocycles. The maximum Gasteiger partial charge on any atom is 0.338 e. The summed E-state index contributed by atoms with van der Waals surface area (Å²) in [6.45, 7) is 3.67. The average molecular weight is 294 g/mol. The van der Waals surface area contributed by atoms with Gasteiger partial charge in [0.15, 0.2) is 5.13 Å². The molecule has 0 aliphatic carbocycles. The minimum absolute atomic E-state index is 0.263. The average Bonchev–Trinajstić information content (AvgIpc) is 2.87. The number of ether oxygens (including phenoxy) is 2. The molecule has 0 saturated heterocycles. The summed E-state index contributed by atoms with van der Waals surface area (Å²) < 4.78 is 10.9. The molecule has 0 aliphatic heterocycles. The number of benzene rings is 1. The fraction of sp³-hybridized carbons (Fsp3) is 0.429. The number of rotatable bonds is 7. The van der Waals surface area contributed by atoms with Crippen LogP contribution in [-0.2, 0) is 9.47 Å². The fourth-order valence-corrected chi connectivity index (χ4v) is 2.59. The van der Waals surface area contributed by atoms with Crippen LogP contribution in [0.4, 0.5) is 5.13 Å². The van der Waals surface area contributed by atoms with Crippen LogP contribution in [0.3, 0.4) is 0 Å². The van der Waals surface area contributed by atoms with E-state index in [-0.39, 0.29) is 12.6 Å². The summed E-state index contributed by atoms with van der Waals surface area (Å²) in [4.78, 5) is 16.3. The third kappa shape index (κ3) is 3.68. The number of hydrogen-bond acceptors (Lipinski definition) is 6. The second kappa shape index (κ2) is 7.21. The van der Waals surface area contributed by atoms with Gasteiger partial charge in [-0.05, 0) is 24.6 Å². The van der Waals surface area contributed by atoms with Gasteiger partial charge in [-0.2, -0.15) is 0 Å². The Bertz CT molecular complexity index is 583. The highest BCUT2D eigenvalue weighted by Gasteiger charge is 2.10. The van der Waals surface area contributed by atoms with Gasteiger partial charge < -0.3 is 14.8 Å². The lowest BCUT2D eigenvalue weighted by atomic mass is 10.2. The van der Waals surface area contributed by atoms with Crippen LogP contribution in [-0.4, -0.2) is 37.8 Å². The topological polar surface area (TPSA) is 60.5 Å². The van der Waals surface area contributed by atoms with Crippen LogP contribution in [0.1, 0.15) is 23.7 Å². The zero-order valence-corrected chi connectivity index (χ0v) is 12.5. The Morgan fingerprint density at radius 3 is 3.00 bits per heavy atom. The highest BCUT2D eigenvalue weighted by molar-refractivity contribution is 7.22.